The van der Waals surface area contributed by atoms with Crippen molar-refractivity contribution in [3.63, 3.8) is 0 Å². The molecule has 0 bridgehead atoms. The van der Waals surface area contributed by atoms with E-state index >= 15 is 0 Å². The minimum absolute atomic E-state index is 0.168. The number of nitrogen functional groups attached to an aromatic ring is 1. The van der Waals surface area contributed by atoms with Crippen LogP contribution in [0.4, 0.5) is 17.2 Å². The first kappa shape index (κ1) is 15.8. The quantitative estimate of drug-likeness (QED) is 0.679. The van der Waals surface area contributed by atoms with Gasteiger partial charge in [0.25, 0.3) is 5.91 Å². The number of hydrogen-bond acceptors (Lipinski definition) is 5. The molecule has 24 heavy (non-hydrogen) atoms. The van der Waals surface area contributed by atoms with Crippen molar-refractivity contribution in [3.05, 3.63) is 52.9 Å². The van der Waals surface area contributed by atoms with Crippen molar-refractivity contribution < 1.29 is 9.59 Å². The van der Waals surface area contributed by atoms with Crippen LogP contribution in [0.2, 0.25) is 0 Å². The van der Waals surface area contributed by atoms with Crippen LogP contribution < -0.4 is 16.4 Å². The summed E-state index contributed by atoms with van der Waals surface area (Å²) in [6, 6.07) is 8.45. The number of hydrogen-bond donors (Lipinski definition) is 3. The van der Waals surface area contributed by atoms with E-state index < -0.39 is 0 Å². The summed E-state index contributed by atoms with van der Waals surface area (Å²) in [6.07, 6.45) is 1.65. The van der Waals surface area contributed by atoms with Gasteiger partial charge in [-0.3, -0.25) is 9.59 Å². The van der Waals surface area contributed by atoms with Gasteiger partial charge in [0.2, 0.25) is 5.91 Å². The number of nitrogens with one attached hydrogen (secondary N) is 2. The van der Waals surface area contributed by atoms with Crippen molar-refractivity contribution in [2.24, 2.45) is 0 Å². The maximum atomic E-state index is 12.3. The Bertz CT molecular complexity index is 869. The predicted octanol–water partition coefficient (Wildman–Crippen LogP) is 2.73. The number of rotatable bonds is 4. The lowest BCUT2D eigenvalue weighted by Gasteiger charge is -2.05. The minimum Gasteiger partial charge on any atom is -0.394 e. The zero-order chi connectivity index (χ0) is 17.1. The molecule has 0 saturated carbocycles. The number of benzene rings is 1. The molecule has 0 fully saturated rings. The number of nitrogens with zero attached hydrogens (tertiary/aromatic N) is 2. The molecule has 0 aliphatic carbocycles. The molecule has 0 unspecified atom stereocenters. The van der Waals surface area contributed by atoms with Gasteiger partial charge in [0.15, 0.2) is 5.82 Å². The molecule has 7 nitrogen and oxygen atoms in total. The molecule has 0 atom stereocenters. The van der Waals surface area contributed by atoms with Crippen molar-refractivity contribution in [2.45, 2.75) is 6.92 Å². The number of carbonyl (C=O) groups is 2. The first-order chi connectivity index (χ1) is 11.5. The lowest BCUT2D eigenvalue weighted by Crippen LogP contribution is -2.14. The van der Waals surface area contributed by atoms with Gasteiger partial charge in [-0.05, 0) is 35.7 Å². The van der Waals surface area contributed by atoms with Gasteiger partial charge >= 0.3 is 0 Å². The number of aromatic nitrogens is 2. The van der Waals surface area contributed by atoms with Gasteiger partial charge in [0.1, 0.15) is 0 Å². The highest BCUT2D eigenvalue weighted by Gasteiger charge is 2.12. The number of thiophene rings is 1. The summed E-state index contributed by atoms with van der Waals surface area (Å²) in [7, 11) is 0. The summed E-state index contributed by atoms with van der Waals surface area (Å²) in [5.74, 6) is -0.192. The van der Waals surface area contributed by atoms with Gasteiger partial charge in [-0.15, -0.1) is 5.10 Å². The normalized spacial score (nSPS) is 10.4. The van der Waals surface area contributed by atoms with E-state index in [0.29, 0.717) is 22.8 Å². The van der Waals surface area contributed by atoms with Gasteiger partial charge in [-0.2, -0.15) is 11.3 Å². The van der Waals surface area contributed by atoms with E-state index in [0.717, 1.165) is 5.69 Å². The third-order valence-corrected chi connectivity index (χ3v) is 3.88. The molecule has 2 heterocycles. The molecule has 2 amide bonds. The van der Waals surface area contributed by atoms with Crippen LogP contribution in [-0.2, 0) is 4.79 Å². The Morgan fingerprint density at radius 3 is 2.54 bits per heavy atom. The maximum absolute atomic E-state index is 12.3. The van der Waals surface area contributed by atoms with Gasteiger partial charge in [-0.1, -0.05) is 0 Å². The highest BCUT2D eigenvalue weighted by Crippen LogP contribution is 2.21. The van der Waals surface area contributed by atoms with E-state index in [1.807, 2.05) is 16.8 Å². The Balaban J connectivity index is 1.74. The Morgan fingerprint density at radius 1 is 1.17 bits per heavy atom. The monoisotopic (exact) mass is 341 g/mol. The molecule has 2 aromatic heterocycles. The highest BCUT2D eigenvalue weighted by molar-refractivity contribution is 7.08. The zero-order valence-electron chi connectivity index (χ0n) is 12.8. The summed E-state index contributed by atoms with van der Waals surface area (Å²) in [5.41, 5.74) is 8.23. The molecule has 1 aromatic carbocycles. The number of amides is 2. The number of carbonyl (C=O) groups excluding carboxylic acids is 2. The van der Waals surface area contributed by atoms with Gasteiger partial charge in [0.05, 0.1) is 17.6 Å². The Kier molecular flexibility index (Phi) is 4.30. The summed E-state index contributed by atoms with van der Waals surface area (Å²) >= 11 is 1.55. The van der Waals surface area contributed by atoms with Crippen LogP contribution in [0.15, 0.2) is 47.3 Å². The molecule has 4 N–H and O–H groups in total. The fraction of sp³-hybridized carbons (Fsp3) is 0.0625. The van der Waals surface area contributed by atoms with E-state index in [9.17, 15) is 9.59 Å². The van der Waals surface area contributed by atoms with E-state index in [1.54, 1.807) is 46.5 Å². The van der Waals surface area contributed by atoms with Gasteiger partial charge in [0, 0.05) is 23.6 Å². The van der Waals surface area contributed by atoms with Crippen LogP contribution in [0.5, 0.6) is 0 Å². The molecule has 0 spiro atoms. The topological polar surface area (TPSA) is 102 Å². The van der Waals surface area contributed by atoms with Crippen molar-refractivity contribution in [3.8, 4) is 5.69 Å². The third kappa shape index (κ3) is 3.44. The average Bonchev–Trinajstić information content (AvgIpc) is 3.18. The first-order valence-corrected chi connectivity index (χ1v) is 8.04. The van der Waals surface area contributed by atoms with Crippen molar-refractivity contribution in [1.82, 2.24) is 9.78 Å². The van der Waals surface area contributed by atoms with E-state index in [-0.39, 0.29) is 11.8 Å². The fourth-order valence-electron chi connectivity index (χ4n) is 2.09. The summed E-state index contributed by atoms with van der Waals surface area (Å²) in [5, 5.41) is 13.5. The lowest BCUT2D eigenvalue weighted by atomic mass is 10.2. The minimum atomic E-state index is -0.327. The predicted molar refractivity (Wildman–Crippen MR) is 94.6 cm³/mol. The van der Waals surface area contributed by atoms with Crippen LogP contribution in [0.3, 0.4) is 0 Å². The van der Waals surface area contributed by atoms with Crippen molar-refractivity contribution in [1.29, 1.82) is 0 Å². The second-order valence-corrected chi connectivity index (χ2v) is 5.85. The van der Waals surface area contributed by atoms with Crippen molar-refractivity contribution in [2.75, 3.05) is 16.4 Å². The number of nitrogens with two attached hydrogens (primary N) is 1. The second-order valence-electron chi connectivity index (χ2n) is 5.07. The average molecular weight is 341 g/mol. The van der Waals surface area contributed by atoms with E-state index in [4.69, 9.17) is 5.73 Å². The summed E-state index contributed by atoms with van der Waals surface area (Å²) in [6.45, 7) is 1.42. The van der Waals surface area contributed by atoms with Gasteiger partial charge < -0.3 is 16.4 Å². The van der Waals surface area contributed by atoms with Crippen LogP contribution in [0.1, 0.15) is 17.3 Å². The highest BCUT2D eigenvalue weighted by atomic mass is 32.1. The van der Waals surface area contributed by atoms with Crippen LogP contribution in [0, 0.1) is 0 Å². The SMILES string of the molecule is CC(=O)Nc1ccc(C(=O)Nc2nn(-c3ccsc3)cc2N)cc1. The zero-order valence-corrected chi connectivity index (χ0v) is 13.6. The van der Waals surface area contributed by atoms with Crippen LogP contribution >= 0.6 is 11.3 Å². The molecule has 0 saturated heterocycles. The smallest absolute Gasteiger partial charge is 0.256 e. The summed E-state index contributed by atoms with van der Waals surface area (Å²) < 4.78 is 1.61. The molecular weight excluding hydrogens is 326 g/mol. The molecule has 0 aliphatic heterocycles. The largest absolute Gasteiger partial charge is 0.394 e. The maximum Gasteiger partial charge on any atom is 0.256 e. The molecule has 122 valence electrons. The first-order valence-electron chi connectivity index (χ1n) is 7.09. The molecule has 0 aliphatic rings. The van der Waals surface area contributed by atoms with Crippen molar-refractivity contribution >= 4 is 40.3 Å². The van der Waals surface area contributed by atoms with E-state index in [2.05, 4.69) is 15.7 Å². The van der Waals surface area contributed by atoms with E-state index in [1.165, 1.54) is 6.92 Å². The fourth-order valence-corrected chi connectivity index (χ4v) is 2.71. The Hall–Kier alpha value is -3.13. The molecular formula is C16H15N5O2S. The van der Waals surface area contributed by atoms with Crippen LogP contribution in [0.25, 0.3) is 5.69 Å². The second kappa shape index (κ2) is 6.55. The lowest BCUT2D eigenvalue weighted by molar-refractivity contribution is -0.114. The molecule has 8 heteroatoms. The number of anilines is 3. The standard InChI is InChI=1S/C16H15N5O2S/c1-10(22)18-12-4-2-11(3-5-12)16(23)19-15-14(17)8-21(20-15)13-6-7-24-9-13/h2-9H,17H2,1H3,(H,18,22)(H,19,20,23). The third-order valence-electron chi connectivity index (χ3n) is 3.21. The molecule has 3 rings (SSSR count). The van der Waals surface area contributed by atoms with Crippen LogP contribution in [-0.4, -0.2) is 21.6 Å². The summed E-state index contributed by atoms with van der Waals surface area (Å²) in [4.78, 5) is 23.3. The van der Waals surface area contributed by atoms with Gasteiger partial charge in [-0.25, -0.2) is 4.68 Å². The Morgan fingerprint density at radius 2 is 1.92 bits per heavy atom. The molecule has 3 aromatic rings. The Labute approximate surface area is 142 Å². The molecule has 0 radical (unpaired) electrons.